The second-order valence-electron chi connectivity index (χ2n) is 2.40. The van der Waals surface area contributed by atoms with Crippen molar-refractivity contribution in [2.24, 2.45) is 0 Å². The molecular formula is C8H12N2O3. The number of aryl methyl sites for hydroxylation is 1. The minimum Gasteiger partial charge on any atom is -0.460 e. The van der Waals surface area contributed by atoms with E-state index >= 15 is 0 Å². The van der Waals surface area contributed by atoms with Gasteiger partial charge in [-0.05, 0) is 13.8 Å². The molecule has 0 aliphatic rings. The molecule has 0 aromatic carbocycles. The lowest BCUT2D eigenvalue weighted by atomic mass is 10.4. The number of aromatic nitrogens is 1. The minimum absolute atomic E-state index is 0.159. The van der Waals surface area contributed by atoms with Crippen LogP contribution in [0.3, 0.4) is 0 Å². The lowest BCUT2D eigenvalue weighted by Crippen LogP contribution is -2.04. The zero-order valence-electron chi connectivity index (χ0n) is 7.88. The highest BCUT2D eigenvalue weighted by molar-refractivity contribution is 5.87. The van der Waals surface area contributed by atoms with Crippen LogP contribution in [0.1, 0.15) is 23.2 Å². The van der Waals surface area contributed by atoms with Crippen molar-refractivity contribution in [2.45, 2.75) is 13.8 Å². The molecule has 0 fully saturated rings. The van der Waals surface area contributed by atoms with Crippen LogP contribution >= 0.6 is 0 Å². The average molecular weight is 184 g/mol. The van der Waals surface area contributed by atoms with Crippen molar-refractivity contribution >= 4 is 12.0 Å². The molecule has 1 N–H and O–H groups in total. The quantitative estimate of drug-likeness (QED) is 0.715. The second kappa shape index (κ2) is 3.93. The van der Waals surface area contributed by atoms with E-state index < -0.39 is 5.97 Å². The monoisotopic (exact) mass is 184 g/mol. The van der Waals surface area contributed by atoms with E-state index in [1.54, 1.807) is 20.9 Å². The Kier molecular flexibility index (Phi) is 2.89. The molecule has 1 aromatic heterocycles. The van der Waals surface area contributed by atoms with Gasteiger partial charge in [0.05, 0.1) is 12.3 Å². The van der Waals surface area contributed by atoms with Crippen LogP contribution in [0.4, 0.5) is 6.01 Å². The number of hydrogen-bond acceptors (Lipinski definition) is 5. The largest absolute Gasteiger partial charge is 0.460 e. The summed E-state index contributed by atoms with van der Waals surface area (Å²) in [7, 11) is 1.67. The number of carbonyl (C=O) groups is 1. The topological polar surface area (TPSA) is 64.4 Å². The number of anilines is 1. The second-order valence-corrected chi connectivity index (χ2v) is 2.40. The summed E-state index contributed by atoms with van der Waals surface area (Å²) in [6.45, 7) is 3.76. The molecule has 13 heavy (non-hydrogen) atoms. The summed E-state index contributed by atoms with van der Waals surface area (Å²) in [5.74, 6) is -0.319. The summed E-state index contributed by atoms with van der Waals surface area (Å²) in [6, 6.07) is 0.320. The van der Waals surface area contributed by atoms with E-state index in [0.29, 0.717) is 18.3 Å². The zero-order chi connectivity index (χ0) is 9.84. The molecule has 1 aromatic rings. The zero-order valence-corrected chi connectivity index (χ0v) is 7.88. The molecule has 0 unspecified atom stereocenters. The molecule has 0 radical (unpaired) electrons. The highest BCUT2D eigenvalue weighted by Gasteiger charge is 2.17. The molecule has 0 aliphatic heterocycles. The summed E-state index contributed by atoms with van der Waals surface area (Å²) in [6.07, 6.45) is 0. The van der Waals surface area contributed by atoms with Gasteiger partial charge >= 0.3 is 5.97 Å². The highest BCUT2D eigenvalue weighted by atomic mass is 16.5. The molecular weight excluding hydrogens is 172 g/mol. The van der Waals surface area contributed by atoms with E-state index in [2.05, 4.69) is 10.3 Å². The van der Waals surface area contributed by atoms with Crippen molar-refractivity contribution in [3.63, 3.8) is 0 Å². The number of hydrogen-bond donors (Lipinski definition) is 1. The summed E-state index contributed by atoms with van der Waals surface area (Å²) < 4.78 is 9.85. The number of nitrogens with one attached hydrogen (secondary N) is 1. The predicted octanol–water partition coefficient (Wildman–Crippen LogP) is 1.20. The SMILES string of the molecule is CCOC(=O)c1oc(NC)nc1C. The van der Waals surface area contributed by atoms with Crippen molar-refractivity contribution in [1.29, 1.82) is 0 Å². The fourth-order valence-corrected chi connectivity index (χ4v) is 0.889. The van der Waals surface area contributed by atoms with Gasteiger partial charge in [-0.3, -0.25) is 0 Å². The number of nitrogens with zero attached hydrogens (tertiary/aromatic N) is 1. The van der Waals surface area contributed by atoms with E-state index in [9.17, 15) is 4.79 Å². The molecule has 72 valence electrons. The number of ether oxygens (including phenoxy) is 1. The summed E-state index contributed by atoms with van der Waals surface area (Å²) in [4.78, 5) is 15.2. The van der Waals surface area contributed by atoms with Crippen LogP contribution in [0, 0.1) is 6.92 Å². The van der Waals surface area contributed by atoms with Crippen LogP contribution in [0.15, 0.2) is 4.42 Å². The molecule has 0 atom stereocenters. The molecule has 0 aliphatic carbocycles. The standard InChI is InChI=1S/C8H12N2O3/c1-4-12-7(11)6-5(2)10-8(9-3)13-6/h4H2,1-3H3,(H,9,10). The average Bonchev–Trinajstić information content (AvgIpc) is 2.47. The first-order valence-corrected chi connectivity index (χ1v) is 4.01. The number of rotatable bonds is 3. The Morgan fingerprint density at radius 3 is 2.85 bits per heavy atom. The van der Waals surface area contributed by atoms with Gasteiger partial charge in [0.1, 0.15) is 0 Å². The predicted molar refractivity (Wildman–Crippen MR) is 46.7 cm³/mol. The Balaban J connectivity index is 2.87. The van der Waals surface area contributed by atoms with Gasteiger partial charge in [0, 0.05) is 7.05 Å². The number of esters is 1. The number of oxazole rings is 1. The maximum atomic E-state index is 11.2. The summed E-state index contributed by atoms with van der Waals surface area (Å²) in [5.41, 5.74) is 0.530. The smallest absolute Gasteiger partial charge is 0.376 e. The first-order chi connectivity index (χ1) is 6.19. The molecule has 0 amide bonds. The van der Waals surface area contributed by atoms with Gasteiger partial charge in [0.15, 0.2) is 0 Å². The third kappa shape index (κ3) is 1.99. The summed E-state index contributed by atoms with van der Waals surface area (Å²) >= 11 is 0. The summed E-state index contributed by atoms with van der Waals surface area (Å²) in [5, 5.41) is 2.70. The minimum atomic E-state index is -0.478. The van der Waals surface area contributed by atoms with Gasteiger partial charge in [-0.15, -0.1) is 0 Å². The molecule has 0 saturated carbocycles. The normalized spacial score (nSPS) is 9.77. The third-order valence-electron chi connectivity index (χ3n) is 1.47. The Bertz CT molecular complexity index is 306. The van der Waals surface area contributed by atoms with Gasteiger partial charge in [-0.1, -0.05) is 0 Å². The van der Waals surface area contributed by atoms with Gasteiger partial charge in [0.2, 0.25) is 5.76 Å². The molecule has 0 spiro atoms. The fraction of sp³-hybridized carbons (Fsp3) is 0.500. The van der Waals surface area contributed by atoms with E-state index in [0.717, 1.165) is 0 Å². The van der Waals surface area contributed by atoms with E-state index in [1.165, 1.54) is 0 Å². The van der Waals surface area contributed by atoms with Crippen molar-refractivity contribution < 1.29 is 13.9 Å². The van der Waals surface area contributed by atoms with Gasteiger partial charge in [0.25, 0.3) is 6.01 Å². The van der Waals surface area contributed by atoms with Crippen molar-refractivity contribution in [1.82, 2.24) is 4.98 Å². The van der Waals surface area contributed by atoms with Crippen LogP contribution < -0.4 is 5.32 Å². The van der Waals surface area contributed by atoms with Crippen molar-refractivity contribution in [3.8, 4) is 0 Å². The lowest BCUT2D eigenvalue weighted by molar-refractivity contribution is 0.0490. The molecule has 5 heteroatoms. The van der Waals surface area contributed by atoms with Crippen LogP contribution in [-0.4, -0.2) is 24.6 Å². The molecule has 1 heterocycles. The van der Waals surface area contributed by atoms with Crippen LogP contribution in [-0.2, 0) is 4.74 Å². The molecule has 0 bridgehead atoms. The lowest BCUT2D eigenvalue weighted by Gasteiger charge is -1.96. The van der Waals surface area contributed by atoms with Crippen molar-refractivity contribution in [2.75, 3.05) is 19.0 Å². The maximum Gasteiger partial charge on any atom is 0.376 e. The van der Waals surface area contributed by atoms with E-state index in [4.69, 9.17) is 9.15 Å². The van der Waals surface area contributed by atoms with Crippen LogP contribution in [0.25, 0.3) is 0 Å². The van der Waals surface area contributed by atoms with Gasteiger partial charge in [-0.25, -0.2) is 4.79 Å². The Morgan fingerprint density at radius 1 is 1.69 bits per heavy atom. The van der Waals surface area contributed by atoms with Crippen molar-refractivity contribution in [3.05, 3.63) is 11.5 Å². The Morgan fingerprint density at radius 2 is 2.38 bits per heavy atom. The third-order valence-corrected chi connectivity index (χ3v) is 1.47. The Hall–Kier alpha value is -1.52. The fourth-order valence-electron chi connectivity index (χ4n) is 0.889. The molecule has 5 nitrogen and oxygen atoms in total. The first kappa shape index (κ1) is 9.57. The van der Waals surface area contributed by atoms with E-state index in [1.807, 2.05) is 0 Å². The highest BCUT2D eigenvalue weighted by Crippen LogP contribution is 2.14. The first-order valence-electron chi connectivity index (χ1n) is 4.01. The molecule has 1 rings (SSSR count). The van der Waals surface area contributed by atoms with Crippen LogP contribution in [0.5, 0.6) is 0 Å². The molecule has 0 saturated heterocycles. The van der Waals surface area contributed by atoms with E-state index in [-0.39, 0.29) is 5.76 Å². The Labute approximate surface area is 76.1 Å². The van der Waals surface area contributed by atoms with Gasteiger partial charge in [-0.2, -0.15) is 4.98 Å². The van der Waals surface area contributed by atoms with Crippen LogP contribution in [0.2, 0.25) is 0 Å². The van der Waals surface area contributed by atoms with Gasteiger partial charge < -0.3 is 14.5 Å². The number of carbonyl (C=O) groups excluding carboxylic acids is 1. The maximum absolute atomic E-state index is 11.2.